The fourth-order valence-corrected chi connectivity index (χ4v) is 3.76. The Bertz CT molecular complexity index is 977. The molecule has 0 spiro atoms. The van der Waals surface area contributed by atoms with Crippen molar-refractivity contribution < 1.29 is 22.7 Å². The molecule has 0 aliphatic heterocycles. The van der Waals surface area contributed by atoms with E-state index in [9.17, 15) is 13.2 Å². The van der Waals surface area contributed by atoms with Crippen molar-refractivity contribution >= 4 is 26.9 Å². The molecule has 0 aliphatic rings. The molecule has 2 aromatic carbocycles. The van der Waals surface area contributed by atoms with Crippen molar-refractivity contribution in [2.24, 2.45) is 0 Å². The van der Waals surface area contributed by atoms with Crippen LogP contribution in [-0.2, 0) is 16.3 Å². The number of fused-ring (bicyclic) bond motifs is 1. The highest BCUT2D eigenvalue weighted by Crippen LogP contribution is 2.27. The van der Waals surface area contributed by atoms with Crippen LogP contribution in [-0.4, -0.2) is 26.2 Å². The minimum atomic E-state index is -3.60. The van der Waals surface area contributed by atoms with Gasteiger partial charge >= 0.3 is 6.09 Å². The van der Waals surface area contributed by atoms with Gasteiger partial charge in [-0.15, -0.1) is 0 Å². The first-order valence-electron chi connectivity index (χ1n) is 7.25. The number of hydrogen-bond acceptors (Lipinski definition) is 4. The highest BCUT2D eigenvalue weighted by atomic mass is 32.2. The van der Waals surface area contributed by atoms with Crippen LogP contribution in [0.15, 0.2) is 69.0 Å². The van der Waals surface area contributed by atoms with E-state index in [1.165, 1.54) is 18.4 Å². The first-order valence-corrected chi connectivity index (χ1v) is 8.74. The van der Waals surface area contributed by atoms with Crippen LogP contribution >= 0.6 is 0 Å². The van der Waals surface area contributed by atoms with Crippen molar-refractivity contribution in [1.82, 2.24) is 5.32 Å². The SMILES string of the molecule is O=C(O)NCCc1coc2cc(S(=O)(=O)c3ccccc3)ccc12. The van der Waals surface area contributed by atoms with Crippen molar-refractivity contribution in [3.8, 4) is 0 Å². The number of benzene rings is 2. The van der Waals surface area contributed by atoms with Gasteiger partial charge in [-0.05, 0) is 36.2 Å². The van der Waals surface area contributed by atoms with Crippen LogP contribution in [0.2, 0.25) is 0 Å². The van der Waals surface area contributed by atoms with Gasteiger partial charge in [0.05, 0.1) is 16.1 Å². The van der Waals surface area contributed by atoms with Crippen LogP contribution in [0.4, 0.5) is 4.79 Å². The first-order chi connectivity index (χ1) is 11.5. The van der Waals surface area contributed by atoms with Crippen LogP contribution in [0.25, 0.3) is 11.0 Å². The van der Waals surface area contributed by atoms with Crippen LogP contribution in [0, 0.1) is 0 Å². The molecule has 3 rings (SSSR count). The van der Waals surface area contributed by atoms with Crippen LogP contribution in [0.3, 0.4) is 0 Å². The number of rotatable bonds is 5. The first kappa shape index (κ1) is 16.1. The quantitative estimate of drug-likeness (QED) is 0.741. The summed E-state index contributed by atoms with van der Waals surface area (Å²) in [5, 5.41) is 11.6. The summed E-state index contributed by atoms with van der Waals surface area (Å²) >= 11 is 0. The Kier molecular flexibility index (Phi) is 4.26. The third kappa shape index (κ3) is 3.11. The summed E-state index contributed by atoms with van der Waals surface area (Å²) in [4.78, 5) is 10.9. The van der Waals surface area contributed by atoms with Crippen molar-refractivity contribution in [3.63, 3.8) is 0 Å². The Labute approximate surface area is 138 Å². The van der Waals surface area contributed by atoms with Crippen LogP contribution < -0.4 is 5.32 Å². The van der Waals surface area contributed by atoms with Crippen LogP contribution in [0.1, 0.15) is 5.56 Å². The summed E-state index contributed by atoms with van der Waals surface area (Å²) in [7, 11) is -3.60. The minimum absolute atomic E-state index is 0.158. The summed E-state index contributed by atoms with van der Waals surface area (Å²) in [5.74, 6) is 0. The largest absolute Gasteiger partial charge is 0.465 e. The number of amides is 1. The molecule has 0 radical (unpaired) electrons. The lowest BCUT2D eigenvalue weighted by atomic mass is 10.1. The molecule has 3 aromatic rings. The third-order valence-corrected chi connectivity index (χ3v) is 5.43. The number of sulfone groups is 1. The van der Waals surface area contributed by atoms with Crippen molar-refractivity contribution in [1.29, 1.82) is 0 Å². The standard InChI is InChI=1S/C17H15NO5S/c19-17(20)18-9-8-12-11-23-16-10-14(6-7-15(12)16)24(21,22)13-4-2-1-3-5-13/h1-7,10-11,18H,8-9H2,(H,19,20). The van der Waals surface area contributed by atoms with Gasteiger partial charge in [0.25, 0.3) is 0 Å². The molecule has 0 fully saturated rings. The average molecular weight is 345 g/mol. The molecule has 1 aromatic heterocycles. The number of nitrogens with one attached hydrogen (secondary N) is 1. The van der Waals surface area contributed by atoms with Gasteiger partial charge in [0, 0.05) is 18.0 Å². The second-order valence-electron chi connectivity index (χ2n) is 5.22. The molecular weight excluding hydrogens is 330 g/mol. The average Bonchev–Trinajstić information content (AvgIpc) is 2.98. The van der Waals surface area contributed by atoms with Crippen molar-refractivity contribution in [2.45, 2.75) is 16.2 Å². The van der Waals surface area contributed by atoms with Crippen molar-refractivity contribution in [3.05, 3.63) is 60.4 Å². The minimum Gasteiger partial charge on any atom is -0.465 e. The molecule has 1 heterocycles. The van der Waals surface area contributed by atoms with Gasteiger partial charge in [-0.2, -0.15) is 0 Å². The Morgan fingerprint density at radius 1 is 1.08 bits per heavy atom. The molecule has 0 aliphatic carbocycles. The molecule has 6 nitrogen and oxygen atoms in total. The molecule has 7 heteroatoms. The van der Waals surface area contributed by atoms with E-state index in [0.717, 1.165) is 10.9 Å². The van der Waals surface area contributed by atoms with E-state index in [-0.39, 0.29) is 16.3 Å². The zero-order valence-corrected chi connectivity index (χ0v) is 13.4. The summed E-state index contributed by atoms with van der Waals surface area (Å²) in [6.45, 7) is 0.258. The summed E-state index contributed by atoms with van der Waals surface area (Å²) in [5.41, 5.74) is 1.28. The van der Waals surface area contributed by atoms with Crippen molar-refractivity contribution in [2.75, 3.05) is 6.54 Å². The van der Waals surface area contributed by atoms with Gasteiger partial charge in [0.1, 0.15) is 5.58 Å². The number of carbonyl (C=O) groups is 1. The lowest BCUT2D eigenvalue weighted by Gasteiger charge is -2.04. The van der Waals surface area contributed by atoms with Gasteiger partial charge in [-0.1, -0.05) is 18.2 Å². The highest BCUT2D eigenvalue weighted by Gasteiger charge is 2.19. The predicted molar refractivity (Wildman–Crippen MR) is 87.8 cm³/mol. The van der Waals surface area contributed by atoms with E-state index >= 15 is 0 Å². The normalized spacial score (nSPS) is 11.5. The molecule has 0 unspecified atom stereocenters. The predicted octanol–water partition coefficient (Wildman–Crippen LogP) is 3.08. The fourth-order valence-electron chi connectivity index (χ4n) is 2.46. The lowest BCUT2D eigenvalue weighted by Crippen LogP contribution is -2.23. The lowest BCUT2D eigenvalue weighted by molar-refractivity contribution is 0.194. The van der Waals surface area contributed by atoms with E-state index in [1.54, 1.807) is 36.4 Å². The number of hydrogen-bond donors (Lipinski definition) is 2. The maximum atomic E-state index is 12.6. The Morgan fingerprint density at radius 2 is 1.83 bits per heavy atom. The second kappa shape index (κ2) is 6.37. The van der Waals surface area contributed by atoms with E-state index in [2.05, 4.69) is 5.32 Å². The maximum Gasteiger partial charge on any atom is 0.404 e. The summed E-state index contributed by atoms with van der Waals surface area (Å²) in [6, 6.07) is 12.9. The van der Waals surface area contributed by atoms with E-state index < -0.39 is 15.9 Å². The topological polar surface area (TPSA) is 96.6 Å². The second-order valence-corrected chi connectivity index (χ2v) is 7.17. The molecule has 0 atom stereocenters. The monoisotopic (exact) mass is 345 g/mol. The van der Waals surface area contributed by atoms with Gasteiger partial charge in [0.15, 0.2) is 0 Å². The van der Waals surface area contributed by atoms with Gasteiger partial charge in [-0.3, -0.25) is 0 Å². The molecule has 0 saturated heterocycles. The Morgan fingerprint density at radius 3 is 2.54 bits per heavy atom. The van der Waals surface area contributed by atoms with Gasteiger partial charge < -0.3 is 14.8 Å². The van der Waals surface area contributed by atoms with E-state index in [1.807, 2.05) is 0 Å². The van der Waals surface area contributed by atoms with E-state index in [0.29, 0.717) is 12.0 Å². The zero-order chi connectivity index (χ0) is 17.2. The molecule has 124 valence electrons. The fraction of sp³-hybridized carbons (Fsp3) is 0.118. The number of furan rings is 1. The van der Waals surface area contributed by atoms with E-state index in [4.69, 9.17) is 9.52 Å². The third-order valence-electron chi connectivity index (χ3n) is 3.66. The zero-order valence-electron chi connectivity index (χ0n) is 12.6. The molecule has 0 bridgehead atoms. The van der Waals surface area contributed by atoms with Gasteiger partial charge in [-0.25, -0.2) is 13.2 Å². The molecular formula is C17H15NO5S. The molecule has 24 heavy (non-hydrogen) atoms. The maximum absolute atomic E-state index is 12.6. The highest BCUT2D eigenvalue weighted by molar-refractivity contribution is 7.91. The smallest absolute Gasteiger partial charge is 0.404 e. The number of carboxylic acid groups (broad SMARTS) is 1. The molecule has 0 saturated carbocycles. The Balaban J connectivity index is 1.92. The summed E-state index contributed by atoms with van der Waals surface area (Å²) < 4.78 is 30.7. The molecule has 2 N–H and O–H groups in total. The summed E-state index contributed by atoms with van der Waals surface area (Å²) in [6.07, 6.45) is 0.899. The van der Waals surface area contributed by atoms with Gasteiger partial charge in [0.2, 0.25) is 9.84 Å². The molecule has 1 amide bonds. The van der Waals surface area contributed by atoms with Crippen LogP contribution in [0.5, 0.6) is 0 Å². The Hall–Kier alpha value is -2.80.